The fraction of sp³-hybridized carbons (Fsp3) is 0.562. The molecule has 0 unspecified atom stereocenters. The Morgan fingerprint density at radius 1 is 1.15 bits per heavy atom. The summed E-state index contributed by atoms with van der Waals surface area (Å²) in [5.41, 5.74) is 1.42. The lowest BCUT2D eigenvalue weighted by atomic mass is 9.73. The summed E-state index contributed by atoms with van der Waals surface area (Å²) < 4.78 is 0. The van der Waals surface area contributed by atoms with Gasteiger partial charge in [-0.2, -0.15) is 0 Å². The summed E-state index contributed by atoms with van der Waals surface area (Å²) in [6, 6.07) is 10.7. The molecule has 0 bridgehead atoms. The summed E-state index contributed by atoms with van der Waals surface area (Å²) in [7, 11) is 5.50. The van der Waals surface area contributed by atoms with Gasteiger partial charge in [0.1, 0.15) is 0 Å². The van der Waals surface area contributed by atoms with Gasteiger partial charge >= 0.3 is 6.03 Å². The highest BCUT2D eigenvalue weighted by Crippen LogP contribution is 2.34. The van der Waals surface area contributed by atoms with Crippen molar-refractivity contribution in [3.8, 4) is 0 Å². The van der Waals surface area contributed by atoms with Crippen molar-refractivity contribution in [3.05, 3.63) is 35.9 Å². The van der Waals surface area contributed by atoms with Crippen molar-refractivity contribution < 1.29 is 4.79 Å². The lowest BCUT2D eigenvalue weighted by molar-refractivity contribution is 0.158. The van der Waals surface area contributed by atoms with Crippen LogP contribution in [0.5, 0.6) is 0 Å². The van der Waals surface area contributed by atoms with Crippen LogP contribution in [-0.2, 0) is 5.41 Å². The smallest absolute Gasteiger partial charge is 0.319 e. The number of hydrogen-bond donors (Lipinski definition) is 1. The number of benzene rings is 1. The molecule has 20 heavy (non-hydrogen) atoms. The first-order valence-electron chi connectivity index (χ1n) is 7.24. The Balaban J connectivity index is 2.22. The molecule has 1 aromatic rings. The third kappa shape index (κ3) is 3.12. The molecular formula is C16H25N3O. The molecule has 1 aromatic carbocycles. The SMILES string of the molecule is CN(C)C(=O)N(C)CC1(c2ccccc2)CCNCC1. The lowest BCUT2D eigenvalue weighted by Gasteiger charge is -2.41. The standard InChI is InChI=1S/C16H25N3O/c1-18(2)15(20)19(3)13-16(9-11-17-12-10-16)14-7-5-4-6-8-14/h4-8,17H,9-13H2,1-3H3. The first-order chi connectivity index (χ1) is 9.55. The van der Waals surface area contributed by atoms with E-state index in [4.69, 9.17) is 0 Å². The number of carbonyl (C=O) groups is 1. The predicted octanol–water partition coefficient (Wildman–Crippen LogP) is 1.92. The van der Waals surface area contributed by atoms with E-state index >= 15 is 0 Å². The highest BCUT2D eigenvalue weighted by molar-refractivity contribution is 5.73. The van der Waals surface area contributed by atoms with Gasteiger partial charge in [0.15, 0.2) is 0 Å². The molecule has 0 radical (unpaired) electrons. The Labute approximate surface area is 121 Å². The highest BCUT2D eigenvalue weighted by Gasteiger charge is 2.36. The normalized spacial score (nSPS) is 17.6. The van der Waals surface area contributed by atoms with Gasteiger partial charge in [-0.1, -0.05) is 30.3 Å². The van der Waals surface area contributed by atoms with Crippen LogP contribution in [0.2, 0.25) is 0 Å². The summed E-state index contributed by atoms with van der Waals surface area (Å²) >= 11 is 0. The molecule has 0 spiro atoms. The molecule has 4 heteroatoms. The molecule has 0 atom stereocenters. The maximum Gasteiger partial charge on any atom is 0.319 e. The van der Waals surface area contributed by atoms with Crippen molar-refractivity contribution in [2.45, 2.75) is 18.3 Å². The third-order valence-electron chi connectivity index (χ3n) is 4.20. The minimum Gasteiger partial charge on any atom is -0.331 e. The predicted molar refractivity (Wildman–Crippen MR) is 81.9 cm³/mol. The first kappa shape index (κ1) is 14.9. The van der Waals surface area contributed by atoms with E-state index in [0.717, 1.165) is 32.5 Å². The van der Waals surface area contributed by atoms with E-state index in [0.29, 0.717) is 0 Å². The number of urea groups is 1. The average molecular weight is 275 g/mol. The van der Waals surface area contributed by atoms with Gasteiger partial charge in [-0.05, 0) is 31.5 Å². The van der Waals surface area contributed by atoms with Crippen molar-refractivity contribution in [3.63, 3.8) is 0 Å². The second kappa shape index (κ2) is 6.27. The number of amides is 2. The molecule has 1 fully saturated rings. The van der Waals surface area contributed by atoms with Gasteiger partial charge in [0.05, 0.1) is 0 Å². The van der Waals surface area contributed by atoms with E-state index in [1.54, 1.807) is 19.0 Å². The number of rotatable bonds is 3. The molecule has 2 amide bonds. The zero-order valence-electron chi connectivity index (χ0n) is 12.7. The van der Waals surface area contributed by atoms with Crippen LogP contribution in [0.25, 0.3) is 0 Å². The van der Waals surface area contributed by atoms with Crippen LogP contribution in [0.15, 0.2) is 30.3 Å². The second-order valence-electron chi connectivity index (χ2n) is 5.93. The van der Waals surface area contributed by atoms with Crippen LogP contribution in [0, 0.1) is 0 Å². The number of nitrogens with zero attached hydrogens (tertiary/aromatic N) is 2. The Kier molecular flexibility index (Phi) is 4.65. The Morgan fingerprint density at radius 2 is 1.75 bits per heavy atom. The zero-order valence-corrected chi connectivity index (χ0v) is 12.7. The minimum atomic E-state index is 0.0684. The topological polar surface area (TPSA) is 35.6 Å². The van der Waals surface area contributed by atoms with Gasteiger partial charge in [0.25, 0.3) is 0 Å². The molecule has 110 valence electrons. The summed E-state index contributed by atoms with van der Waals surface area (Å²) in [5, 5.41) is 3.42. The van der Waals surface area contributed by atoms with Crippen molar-refractivity contribution in [1.29, 1.82) is 0 Å². The van der Waals surface area contributed by atoms with Gasteiger partial charge in [-0.15, -0.1) is 0 Å². The van der Waals surface area contributed by atoms with Gasteiger partial charge in [0.2, 0.25) is 0 Å². The second-order valence-corrected chi connectivity index (χ2v) is 5.93. The molecule has 0 aromatic heterocycles. The van der Waals surface area contributed by atoms with Gasteiger partial charge < -0.3 is 15.1 Å². The Morgan fingerprint density at radius 3 is 2.30 bits per heavy atom. The number of nitrogens with one attached hydrogen (secondary N) is 1. The monoisotopic (exact) mass is 275 g/mol. The molecule has 1 heterocycles. The van der Waals surface area contributed by atoms with E-state index in [1.165, 1.54) is 5.56 Å². The number of piperidine rings is 1. The molecule has 0 saturated carbocycles. The molecule has 1 saturated heterocycles. The van der Waals surface area contributed by atoms with Crippen LogP contribution in [-0.4, -0.2) is 56.6 Å². The van der Waals surface area contributed by atoms with E-state index in [-0.39, 0.29) is 11.4 Å². The molecule has 1 N–H and O–H groups in total. The first-order valence-corrected chi connectivity index (χ1v) is 7.24. The van der Waals surface area contributed by atoms with E-state index in [2.05, 4.69) is 29.6 Å². The number of likely N-dealkylation sites (N-methyl/N-ethyl adjacent to an activating group) is 1. The maximum atomic E-state index is 12.1. The van der Waals surface area contributed by atoms with Crippen LogP contribution in [0.1, 0.15) is 18.4 Å². The largest absolute Gasteiger partial charge is 0.331 e. The number of hydrogen-bond acceptors (Lipinski definition) is 2. The highest BCUT2D eigenvalue weighted by atomic mass is 16.2. The van der Waals surface area contributed by atoms with E-state index in [1.807, 2.05) is 18.0 Å². The summed E-state index contributed by atoms with van der Waals surface area (Å²) in [5.74, 6) is 0. The van der Waals surface area contributed by atoms with Crippen molar-refractivity contribution in [1.82, 2.24) is 15.1 Å². The molecule has 0 aliphatic carbocycles. The third-order valence-corrected chi connectivity index (χ3v) is 4.20. The van der Waals surface area contributed by atoms with Crippen LogP contribution in [0.3, 0.4) is 0 Å². The van der Waals surface area contributed by atoms with Crippen molar-refractivity contribution >= 4 is 6.03 Å². The van der Waals surface area contributed by atoms with Gasteiger partial charge in [0, 0.05) is 33.1 Å². The molecule has 1 aliphatic rings. The average Bonchev–Trinajstić information content (AvgIpc) is 2.48. The van der Waals surface area contributed by atoms with Gasteiger partial charge in [-0.25, -0.2) is 4.79 Å². The maximum absolute atomic E-state index is 12.1. The number of carbonyl (C=O) groups excluding carboxylic acids is 1. The van der Waals surface area contributed by atoms with Crippen molar-refractivity contribution in [2.24, 2.45) is 0 Å². The summed E-state index contributed by atoms with van der Waals surface area (Å²) in [6.07, 6.45) is 2.14. The fourth-order valence-electron chi connectivity index (χ4n) is 3.10. The fourth-order valence-corrected chi connectivity index (χ4v) is 3.10. The summed E-state index contributed by atoms with van der Waals surface area (Å²) in [4.78, 5) is 15.6. The quantitative estimate of drug-likeness (QED) is 0.915. The Bertz CT molecular complexity index is 438. The van der Waals surface area contributed by atoms with Crippen LogP contribution >= 0.6 is 0 Å². The van der Waals surface area contributed by atoms with Crippen LogP contribution < -0.4 is 5.32 Å². The lowest BCUT2D eigenvalue weighted by Crippen LogP contribution is -2.50. The summed E-state index contributed by atoms with van der Waals surface area (Å²) in [6.45, 7) is 2.80. The van der Waals surface area contributed by atoms with Crippen LogP contribution in [0.4, 0.5) is 4.79 Å². The molecule has 2 rings (SSSR count). The van der Waals surface area contributed by atoms with E-state index < -0.39 is 0 Å². The molecular weight excluding hydrogens is 250 g/mol. The molecule has 4 nitrogen and oxygen atoms in total. The molecule has 1 aliphatic heterocycles. The minimum absolute atomic E-state index is 0.0684. The Hall–Kier alpha value is -1.55. The van der Waals surface area contributed by atoms with Crippen molar-refractivity contribution in [2.75, 3.05) is 40.8 Å². The van der Waals surface area contributed by atoms with Gasteiger partial charge in [-0.3, -0.25) is 0 Å². The zero-order chi connectivity index (χ0) is 14.6. The van der Waals surface area contributed by atoms with E-state index in [9.17, 15) is 4.79 Å².